The van der Waals surface area contributed by atoms with Crippen LogP contribution in [-0.2, 0) is 27.7 Å². The Kier molecular flexibility index (Phi) is 5.36. The molecule has 0 spiro atoms. The zero-order valence-electron chi connectivity index (χ0n) is 17.6. The fourth-order valence-corrected chi connectivity index (χ4v) is 5.97. The van der Waals surface area contributed by atoms with Crippen molar-refractivity contribution < 1.29 is 13.2 Å². The molecule has 32 heavy (non-hydrogen) atoms. The average Bonchev–Trinajstić information content (AvgIpc) is 3.38. The van der Waals surface area contributed by atoms with Gasteiger partial charge in [-0.2, -0.15) is 4.31 Å². The van der Waals surface area contributed by atoms with Gasteiger partial charge in [-0.25, -0.2) is 13.2 Å². The molecule has 168 valence electrons. The predicted molar refractivity (Wildman–Crippen MR) is 121 cm³/mol. The lowest BCUT2D eigenvalue weighted by atomic mass is 10.1. The summed E-state index contributed by atoms with van der Waals surface area (Å²) >= 11 is 0. The first-order valence-electron chi connectivity index (χ1n) is 10.7. The number of anilines is 1. The van der Waals surface area contributed by atoms with E-state index < -0.39 is 10.0 Å². The molecule has 2 aromatic carbocycles. The number of aryl methyl sites for hydroxylation is 2. The maximum absolute atomic E-state index is 13.1. The third-order valence-electron chi connectivity index (χ3n) is 6.21. The van der Waals surface area contributed by atoms with Crippen molar-refractivity contribution in [1.82, 2.24) is 19.2 Å². The quantitative estimate of drug-likeness (QED) is 0.536. The number of H-pyrrole nitrogens is 2. The van der Waals surface area contributed by atoms with Gasteiger partial charge in [0, 0.05) is 31.9 Å². The maximum atomic E-state index is 13.1. The summed E-state index contributed by atoms with van der Waals surface area (Å²) in [7, 11) is -3.53. The number of nitrogens with one attached hydrogen (secondary N) is 3. The highest BCUT2D eigenvalue weighted by atomic mass is 32.2. The minimum absolute atomic E-state index is 0.175. The summed E-state index contributed by atoms with van der Waals surface area (Å²) in [4.78, 5) is 31.5. The van der Waals surface area contributed by atoms with Gasteiger partial charge in [0.15, 0.2) is 0 Å². The van der Waals surface area contributed by atoms with Crippen LogP contribution in [0.5, 0.6) is 0 Å². The summed E-state index contributed by atoms with van der Waals surface area (Å²) in [6, 6.07) is 10.6. The molecule has 0 saturated carbocycles. The molecule has 2 aliphatic rings. The van der Waals surface area contributed by atoms with Gasteiger partial charge >= 0.3 is 5.69 Å². The molecule has 3 N–H and O–H groups in total. The first-order chi connectivity index (χ1) is 15.4. The van der Waals surface area contributed by atoms with Gasteiger partial charge in [0.25, 0.3) is 0 Å². The van der Waals surface area contributed by atoms with Gasteiger partial charge in [0.05, 0.1) is 22.5 Å². The second-order valence-electron chi connectivity index (χ2n) is 8.35. The van der Waals surface area contributed by atoms with Crippen LogP contribution in [0.2, 0.25) is 0 Å². The molecule has 10 heteroatoms. The first kappa shape index (κ1) is 20.9. The highest BCUT2D eigenvalue weighted by Crippen LogP contribution is 2.26. The van der Waals surface area contributed by atoms with Crippen molar-refractivity contribution in [3.8, 4) is 0 Å². The third kappa shape index (κ3) is 4.08. The fourth-order valence-electron chi connectivity index (χ4n) is 4.50. The molecular weight excluding hydrogens is 430 g/mol. The molecule has 1 aromatic heterocycles. The largest absolute Gasteiger partial charge is 0.325 e. The maximum Gasteiger partial charge on any atom is 0.323 e. The number of benzene rings is 2. The molecule has 1 saturated heterocycles. The lowest BCUT2D eigenvalue weighted by molar-refractivity contribution is -0.117. The highest BCUT2D eigenvalue weighted by Gasteiger charge is 2.30. The van der Waals surface area contributed by atoms with Gasteiger partial charge < -0.3 is 15.3 Å². The second kappa shape index (κ2) is 8.19. The molecule has 0 unspecified atom stereocenters. The number of nitrogens with zero attached hydrogens (tertiary/aromatic N) is 2. The van der Waals surface area contributed by atoms with Gasteiger partial charge in [-0.3, -0.25) is 9.69 Å². The Bertz CT molecular complexity index is 1340. The average molecular weight is 456 g/mol. The van der Waals surface area contributed by atoms with Crippen molar-refractivity contribution >= 4 is 32.7 Å². The standard InChI is InChI=1S/C22H25N5O4S/c28-21(23-17-5-7-19-20(13-17)25-22(29)24-19)14-26-8-10-27(11-9-26)32(30,31)18-6-4-15-2-1-3-16(15)12-18/h4-7,12-13H,1-3,8-11,14H2,(H,23,28)(H2,24,25,29). The summed E-state index contributed by atoms with van der Waals surface area (Å²) in [5.74, 6) is -0.183. The number of hydrogen-bond acceptors (Lipinski definition) is 5. The van der Waals surface area contributed by atoms with Crippen molar-refractivity contribution in [3.63, 3.8) is 0 Å². The molecule has 1 amide bonds. The van der Waals surface area contributed by atoms with E-state index >= 15 is 0 Å². The second-order valence-corrected chi connectivity index (χ2v) is 10.3. The molecular formula is C22H25N5O4S. The fraction of sp³-hybridized carbons (Fsp3) is 0.364. The molecule has 2 heterocycles. The summed E-state index contributed by atoms with van der Waals surface area (Å²) in [5.41, 5.74) is 3.99. The van der Waals surface area contributed by atoms with Crippen LogP contribution in [0.1, 0.15) is 17.5 Å². The van der Waals surface area contributed by atoms with Crippen LogP contribution < -0.4 is 11.0 Å². The van der Waals surface area contributed by atoms with E-state index in [1.54, 1.807) is 24.3 Å². The van der Waals surface area contributed by atoms with Crippen LogP contribution in [0.15, 0.2) is 46.1 Å². The number of aromatic amines is 2. The number of amides is 1. The van der Waals surface area contributed by atoms with Gasteiger partial charge in [0.1, 0.15) is 0 Å². The summed E-state index contributed by atoms with van der Waals surface area (Å²) in [6.45, 7) is 1.85. The van der Waals surface area contributed by atoms with Crippen molar-refractivity contribution in [3.05, 3.63) is 58.0 Å². The van der Waals surface area contributed by atoms with E-state index in [-0.39, 0.29) is 18.1 Å². The van der Waals surface area contributed by atoms with Gasteiger partial charge in [-0.15, -0.1) is 0 Å². The number of hydrogen-bond donors (Lipinski definition) is 3. The summed E-state index contributed by atoms with van der Waals surface area (Å²) in [6.07, 6.45) is 3.04. The Morgan fingerprint density at radius 2 is 1.69 bits per heavy atom. The Morgan fingerprint density at radius 1 is 0.938 bits per heavy atom. The molecule has 1 aliphatic carbocycles. The van der Waals surface area contributed by atoms with E-state index in [0.29, 0.717) is 47.8 Å². The van der Waals surface area contributed by atoms with E-state index in [0.717, 1.165) is 24.8 Å². The van der Waals surface area contributed by atoms with Gasteiger partial charge in [-0.1, -0.05) is 6.07 Å². The monoisotopic (exact) mass is 455 g/mol. The number of carbonyl (C=O) groups is 1. The van der Waals surface area contributed by atoms with Crippen LogP contribution in [0.3, 0.4) is 0 Å². The normalized spacial score (nSPS) is 17.5. The van der Waals surface area contributed by atoms with Crippen molar-refractivity contribution in [1.29, 1.82) is 0 Å². The van der Waals surface area contributed by atoms with Crippen LogP contribution in [0.25, 0.3) is 11.0 Å². The lowest BCUT2D eigenvalue weighted by Gasteiger charge is -2.33. The smallest absolute Gasteiger partial charge is 0.323 e. The predicted octanol–water partition coefficient (Wildman–Crippen LogP) is 1.29. The van der Waals surface area contributed by atoms with Crippen molar-refractivity contribution in [2.45, 2.75) is 24.2 Å². The van der Waals surface area contributed by atoms with Crippen molar-refractivity contribution in [2.75, 3.05) is 38.0 Å². The van der Waals surface area contributed by atoms with E-state index in [4.69, 9.17) is 0 Å². The van der Waals surface area contributed by atoms with E-state index in [9.17, 15) is 18.0 Å². The van der Waals surface area contributed by atoms with Crippen LogP contribution in [0, 0.1) is 0 Å². The SMILES string of the molecule is O=C(CN1CCN(S(=O)(=O)c2ccc3c(c2)CCC3)CC1)Nc1ccc2[nH]c(=O)[nH]c2c1. The van der Waals surface area contributed by atoms with E-state index in [2.05, 4.69) is 15.3 Å². The zero-order chi connectivity index (χ0) is 22.3. The Morgan fingerprint density at radius 3 is 2.50 bits per heavy atom. The number of sulfonamides is 1. The minimum atomic E-state index is -3.53. The third-order valence-corrected chi connectivity index (χ3v) is 8.10. The topological polar surface area (TPSA) is 118 Å². The molecule has 1 fully saturated rings. The Labute approximate surface area is 185 Å². The Balaban J connectivity index is 1.18. The number of fused-ring (bicyclic) bond motifs is 2. The molecule has 1 aliphatic heterocycles. The lowest BCUT2D eigenvalue weighted by Crippen LogP contribution is -2.50. The highest BCUT2D eigenvalue weighted by molar-refractivity contribution is 7.89. The zero-order valence-corrected chi connectivity index (χ0v) is 18.4. The molecule has 0 radical (unpaired) electrons. The molecule has 0 atom stereocenters. The Hall–Kier alpha value is -2.95. The van der Waals surface area contributed by atoms with Gasteiger partial charge in [0.2, 0.25) is 15.9 Å². The number of rotatable bonds is 5. The molecule has 3 aromatic rings. The van der Waals surface area contributed by atoms with E-state index in [1.807, 2.05) is 17.0 Å². The van der Waals surface area contributed by atoms with Crippen LogP contribution in [-0.4, -0.2) is 66.2 Å². The summed E-state index contributed by atoms with van der Waals surface area (Å²) in [5, 5.41) is 2.83. The number of imidazole rings is 1. The van der Waals surface area contributed by atoms with E-state index in [1.165, 1.54) is 9.87 Å². The summed E-state index contributed by atoms with van der Waals surface area (Å²) < 4.78 is 27.6. The van der Waals surface area contributed by atoms with Gasteiger partial charge in [-0.05, 0) is 60.7 Å². The number of piperazine rings is 1. The van der Waals surface area contributed by atoms with Crippen LogP contribution >= 0.6 is 0 Å². The number of aromatic nitrogens is 2. The number of carbonyl (C=O) groups excluding carboxylic acids is 1. The van der Waals surface area contributed by atoms with Crippen LogP contribution in [0.4, 0.5) is 5.69 Å². The molecule has 9 nitrogen and oxygen atoms in total. The first-order valence-corrected chi connectivity index (χ1v) is 12.2. The molecule has 5 rings (SSSR count). The minimum Gasteiger partial charge on any atom is -0.325 e. The van der Waals surface area contributed by atoms with Crippen molar-refractivity contribution in [2.24, 2.45) is 0 Å². The molecule has 0 bridgehead atoms.